The summed E-state index contributed by atoms with van der Waals surface area (Å²) in [5.41, 5.74) is -1.31. The maximum absolute atomic E-state index is 12.7. The lowest BCUT2D eigenvalue weighted by atomic mass is 10.3. The standard InChI is InChI=1S/C8H7F3N8O/c9-8(10,11)4(16-6-12-2-14-18-6)1-5(20)17-7-13-3-15-19-7/h1-3H,(H2,12,14,16,18)(H2,13,15,17,19,20). The number of anilines is 2. The number of H-pyrrole nitrogens is 2. The van der Waals surface area contributed by atoms with Crippen LogP contribution in [0.15, 0.2) is 24.4 Å². The van der Waals surface area contributed by atoms with Gasteiger partial charge in [0.2, 0.25) is 11.9 Å². The van der Waals surface area contributed by atoms with Gasteiger partial charge in [0.05, 0.1) is 0 Å². The van der Waals surface area contributed by atoms with Crippen LogP contribution in [0, 0.1) is 0 Å². The first-order valence-corrected chi connectivity index (χ1v) is 5.03. The summed E-state index contributed by atoms with van der Waals surface area (Å²) in [6.45, 7) is 0. The first-order chi connectivity index (χ1) is 9.45. The zero-order chi connectivity index (χ0) is 14.6. The van der Waals surface area contributed by atoms with Crippen LogP contribution in [0.25, 0.3) is 0 Å². The molecule has 0 fully saturated rings. The minimum Gasteiger partial charge on any atom is -0.320 e. The third-order valence-corrected chi connectivity index (χ3v) is 1.91. The van der Waals surface area contributed by atoms with E-state index in [0.717, 1.165) is 12.7 Å². The number of aromatic amines is 2. The van der Waals surface area contributed by atoms with Crippen molar-refractivity contribution >= 4 is 17.8 Å². The Morgan fingerprint density at radius 2 is 1.65 bits per heavy atom. The Bertz CT molecular complexity index is 588. The van der Waals surface area contributed by atoms with Gasteiger partial charge >= 0.3 is 6.18 Å². The lowest BCUT2D eigenvalue weighted by molar-refractivity contribution is -0.113. The second kappa shape index (κ2) is 5.38. The molecule has 2 rings (SSSR count). The number of carbonyl (C=O) groups excluding carboxylic acids is 1. The van der Waals surface area contributed by atoms with E-state index in [1.54, 1.807) is 0 Å². The molecular weight excluding hydrogens is 281 g/mol. The van der Waals surface area contributed by atoms with Gasteiger partial charge in [-0.05, 0) is 0 Å². The van der Waals surface area contributed by atoms with Crippen molar-refractivity contribution in [1.29, 1.82) is 0 Å². The molecule has 0 aliphatic carbocycles. The maximum Gasteiger partial charge on any atom is 0.431 e. The molecule has 9 nitrogen and oxygen atoms in total. The van der Waals surface area contributed by atoms with E-state index in [-0.39, 0.29) is 11.9 Å². The van der Waals surface area contributed by atoms with E-state index in [1.165, 1.54) is 0 Å². The molecule has 1 amide bonds. The molecule has 0 aliphatic heterocycles. The monoisotopic (exact) mass is 288 g/mol. The van der Waals surface area contributed by atoms with Crippen LogP contribution < -0.4 is 10.6 Å². The fraction of sp³-hybridized carbons (Fsp3) is 0.125. The smallest absolute Gasteiger partial charge is 0.320 e. The van der Waals surface area contributed by atoms with Crippen molar-refractivity contribution in [2.24, 2.45) is 0 Å². The van der Waals surface area contributed by atoms with E-state index in [4.69, 9.17) is 0 Å². The van der Waals surface area contributed by atoms with Crippen LogP contribution in [0.1, 0.15) is 0 Å². The summed E-state index contributed by atoms with van der Waals surface area (Å²) in [4.78, 5) is 18.5. The summed E-state index contributed by atoms with van der Waals surface area (Å²) in [7, 11) is 0. The van der Waals surface area contributed by atoms with E-state index >= 15 is 0 Å². The van der Waals surface area contributed by atoms with E-state index in [1.807, 2.05) is 5.32 Å². The average molecular weight is 288 g/mol. The van der Waals surface area contributed by atoms with Gasteiger partial charge in [-0.2, -0.15) is 33.3 Å². The largest absolute Gasteiger partial charge is 0.431 e. The molecule has 106 valence electrons. The SMILES string of the molecule is O=C(C=C(Nc1ncn[nH]1)C(F)(F)F)Nc1ncn[nH]1. The Labute approximate surface area is 108 Å². The number of alkyl halides is 3. The molecule has 2 aromatic rings. The third kappa shape index (κ3) is 3.54. The summed E-state index contributed by atoms with van der Waals surface area (Å²) in [5.74, 6) is -1.37. The van der Waals surface area contributed by atoms with E-state index < -0.39 is 17.8 Å². The molecule has 0 aromatic carbocycles. The summed E-state index contributed by atoms with van der Waals surface area (Å²) in [6, 6.07) is 0. The Balaban J connectivity index is 2.13. The second-order valence-corrected chi connectivity index (χ2v) is 3.34. The van der Waals surface area contributed by atoms with Crippen molar-refractivity contribution < 1.29 is 18.0 Å². The average Bonchev–Trinajstić information content (AvgIpc) is 2.99. The van der Waals surface area contributed by atoms with Gasteiger partial charge in [-0.1, -0.05) is 0 Å². The van der Waals surface area contributed by atoms with Gasteiger partial charge in [-0.3, -0.25) is 10.1 Å². The number of nitrogens with one attached hydrogen (secondary N) is 4. The van der Waals surface area contributed by atoms with Gasteiger partial charge in [-0.25, -0.2) is 10.2 Å². The van der Waals surface area contributed by atoms with Gasteiger partial charge in [0.25, 0.3) is 5.91 Å². The highest BCUT2D eigenvalue weighted by molar-refractivity contribution is 5.98. The lowest BCUT2D eigenvalue weighted by Gasteiger charge is -2.11. The molecule has 0 radical (unpaired) electrons. The molecule has 2 aromatic heterocycles. The highest BCUT2D eigenvalue weighted by atomic mass is 19.4. The quantitative estimate of drug-likeness (QED) is 0.604. The van der Waals surface area contributed by atoms with E-state index in [9.17, 15) is 18.0 Å². The van der Waals surface area contributed by atoms with Crippen LogP contribution in [0.2, 0.25) is 0 Å². The molecule has 20 heavy (non-hydrogen) atoms. The fourth-order valence-electron chi connectivity index (χ4n) is 1.13. The fourth-order valence-corrected chi connectivity index (χ4v) is 1.13. The van der Waals surface area contributed by atoms with E-state index in [2.05, 4.69) is 35.7 Å². The van der Waals surface area contributed by atoms with Crippen LogP contribution in [0.4, 0.5) is 25.1 Å². The molecule has 0 saturated heterocycles. The van der Waals surface area contributed by atoms with Crippen molar-refractivity contribution in [2.45, 2.75) is 6.18 Å². The lowest BCUT2D eigenvalue weighted by Crippen LogP contribution is -2.23. The van der Waals surface area contributed by atoms with Crippen LogP contribution in [0.3, 0.4) is 0 Å². The molecule has 0 atom stereocenters. The molecule has 4 N–H and O–H groups in total. The normalized spacial score (nSPS) is 12.2. The summed E-state index contributed by atoms with van der Waals surface area (Å²) in [6.07, 6.45) is -2.34. The topological polar surface area (TPSA) is 124 Å². The number of nitrogens with zero attached hydrogens (tertiary/aromatic N) is 4. The number of rotatable bonds is 4. The number of carbonyl (C=O) groups is 1. The molecule has 0 aliphatic rings. The molecule has 0 unspecified atom stereocenters. The molecule has 0 spiro atoms. The van der Waals surface area contributed by atoms with Crippen LogP contribution >= 0.6 is 0 Å². The zero-order valence-corrected chi connectivity index (χ0v) is 9.56. The Hall–Kier alpha value is -2.92. The summed E-state index contributed by atoms with van der Waals surface area (Å²) in [5, 5.41) is 15.3. The molecule has 0 bridgehead atoms. The van der Waals surface area contributed by atoms with Crippen LogP contribution in [-0.4, -0.2) is 42.4 Å². The highest BCUT2D eigenvalue weighted by Crippen LogP contribution is 2.25. The van der Waals surface area contributed by atoms with Gasteiger partial charge in [0.15, 0.2) is 0 Å². The Morgan fingerprint density at radius 1 is 1.10 bits per heavy atom. The Morgan fingerprint density at radius 3 is 2.10 bits per heavy atom. The predicted molar refractivity (Wildman–Crippen MR) is 59.2 cm³/mol. The van der Waals surface area contributed by atoms with Crippen molar-refractivity contribution in [1.82, 2.24) is 30.4 Å². The summed E-state index contributed by atoms with van der Waals surface area (Å²) < 4.78 is 38.2. The van der Waals surface area contributed by atoms with Gasteiger partial charge in [0, 0.05) is 6.08 Å². The molecule has 12 heteroatoms. The number of hydrogen-bond donors (Lipinski definition) is 4. The number of hydrogen-bond acceptors (Lipinski definition) is 6. The first-order valence-electron chi connectivity index (χ1n) is 5.03. The molecule has 2 heterocycles. The van der Waals surface area contributed by atoms with Crippen molar-refractivity contribution in [3.05, 3.63) is 24.4 Å². The number of halogens is 3. The van der Waals surface area contributed by atoms with Gasteiger partial charge in [0.1, 0.15) is 18.4 Å². The second-order valence-electron chi connectivity index (χ2n) is 3.34. The molecular formula is C8H7F3N8O. The van der Waals surface area contributed by atoms with Crippen LogP contribution in [-0.2, 0) is 4.79 Å². The van der Waals surface area contributed by atoms with Gasteiger partial charge < -0.3 is 5.32 Å². The number of allylic oxidation sites excluding steroid dienone is 1. The predicted octanol–water partition coefficient (Wildman–Crippen LogP) is 0.420. The summed E-state index contributed by atoms with van der Waals surface area (Å²) >= 11 is 0. The number of amides is 1. The van der Waals surface area contributed by atoms with E-state index in [0.29, 0.717) is 6.08 Å². The Kier molecular flexibility index (Phi) is 3.63. The minimum absolute atomic E-state index is 0.0764. The van der Waals surface area contributed by atoms with Crippen molar-refractivity contribution in [3.8, 4) is 0 Å². The van der Waals surface area contributed by atoms with Crippen molar-refractivity contribution in [3.63, 3.8) is 0 Å². The first kappa shape index (κ1) is 13.5. The third-order valence-electron chi connectivity index (χ3n) is 1.91. The molecule has 0 saturated carbocycles. The highest BCUT2D eigenvalue weighted by Gasteiger charge is 2.35. The number of aromatic nitrogens is 6. The minimum atomic E-state index is -4.77. The van der Waals surface area contributed by atoms with Crippen LogP contribution in [0.5, 0.6) is 0 Å². The van der Waals surface area contributed by atoms with Crippen molar-refractivity contribution in [2.75, 3.05) is 10.6 Å². The zero-order valence-electron chi connectivity index (χ0n) is 9.56. The van der Waals surface area contributed by atoms with Gasteiger partial charge in [-0.15, -0.1) is 0 Å². The maximum atomic E-state index is 12.7.